The molecule has 2 saturated heterocycles. The number of ether oxygens (including phenoxy) is 5. The van der Waals surface area contributed by atoms with E-state index in [1.165, 1.54) is 16.9 Å². The Kier molecular flexibility index (Phi) is 14.5. The van der Waals surface area contributed by atoms with Crippen LogP contribution in [0.5, 0.6) is 0 Å². The third-order valence-corrected chi connectivity index (χ3v) is 8.93. The van der Waals surface area contributed by atoms with Gasteiger partial charge in [-0.2, -0.15) is 4.80 Å². The quantitative estimate of drug-likeness (QED) is 0.111. The van der Waals surface area contributed by atoms with Crippen LogP contribution < -0.4 is 16.1 Å². The second-order valence-electron chi connectivity index (χ2n) is 14.0. The lowest BCUT2D eigenvalue weighted by molar-refractivity contribution is -0.131. The Morgan fingerprint density at radius 3 is 2.47 bits per heavy atom. The summed E-state index contributed by atoms with van der Waals surface area (Å²) in [6, 6.07) is 5.41. The SMILES string of the molecule is C=C/C(=C\C=C(/C)OC)CC(NC(=O)OC1COC2OCCC12)C(O)CN(Cc1ccc(-c2nnn(C)n2)cc1)NC(=O)C(NC(=O)OC)C(C)(C)C. The molecule has 6 atom stereocenters. The van der Waals surface area contributed by atoms with Crippen molar-refractivity contribution >= 4 is 18.1 Å². The lowest BCUT2D eigenvalue weighted by Crippen LogP contribution is -2.59. The van der Waals surface area contributed by atoms with Crippen molar-refractivity contribution in [1.82, 2.24) is 41.3 Å². The van der Waals surface area contributed by atoms with E-state index in [2.05, 4.69) is 38.0 Å². The van der Waals surface area contributed by atoms with Crippen LogP contribution in [0.3, 0.4) is 0 Å². The molecule has 0 saturated carbocycles. The number of allylic oxidation sites excluding steroid dienone is 4. The van der Waals surface area contributed by atoms with Gasteiger partial charge in [-0.1, -0.05) is 63.8 Å². The molecular formula is C36H52N8O9. The van der Waals surface area contributed by atoms with Gasteiger partial charge in [0.05, 0.1) is 58.3 Å². The maximum atomic E-state index is 13.8. The number of benzene rings is 1. The molecule has 17 nitrogen and oxygen atoms in total. The van der Waals surface area contributed by atoms with Gasteiger partial charge in [0.25, 0.3) is 5.91 Å². The number of hydrogen-bond acceptors (Lipinski definition) is 13. The molecule has 4 rings (SSSR count). The first kappa shape index (κ1) is 40.9. The average molecular weight is 741 g/mol. The number of alkyl carbamates (subject to hydrolysis) is 2. The Balaban J connectivity index is 1.60. The van der Waals surface area contributed by atoms with Crippen LogP contribution in [0.1, 0.15) is 46.1 Å². The number of tetrazole rings is 1. The molecule has 6 unspecified atom stereocenters. The lowest BCUT2D eigenvalue weighted by atomic mass is 9.86. The van der Waals surface area contributed by atoms with Gasteiger partial charge in [0.15, 0.2) is 6.29 Å². The van der Waals surface area contributed by atoms with Gasteiger partial charge in [-0.15, -0.1) is 10.2 Å². The van der Waals surface area contributed by atoms with Gasteiger partial charge >= 0.3 is 12.2 Å². The molecule has 3 amide bonds. The van der Waals surface area contributed by atoms with Crippen LogP contribution in [0.15, 0.2) is 60.4 Å². The standard InChI is InChI=1S/C36H52N8O9/c1-9-23(11-10-22(2)49-7)18-27(37-35(48)53-29-21-52-33-26(29)16-17-51-33)28(45)20-44(41-32(46)30(36(3,4)5)38-34(47)50-8)19-24-12-14-25(15-13-24)31-39-42-43(6)40-31/h9-15,26-30,33,45H,1,16-21H2,2-8H3,(H,37,48)(H,38,47)(H,41,46)/b22-10+,23-11+. The zero-order valence-corrected chi connectivity index (χ0v) is 31.4. The zero-order valence-electron chi connectivity index (χ0n) is 31.4. The summed E-state index contributed by atoms with van der Waals surface area (Å²) in [6.45, 7) is 11.8. The molecule has 0 bridgehead atoms. The molecule has 2 aliphatic rings. The van der Waals surface area contributed by atoms with E-state index >= 15 is 0 Å². The first-order valence-electron chi connectivity index (χ1n) is 17.4. The minimum absolute atomic E-state index is 0.0777. The van der Waals surface area contributed by atoms with Crippen molar-refractivity contribution in [2.75, 3.05) is 34.0 Å². The van der Waals surface area contributed by atoms with E-state index in [4.69, 9.17) is 23.7 Å². The number of carbonyl (C=O) groups is 3. The number of hydrogen-bond donors (Lipinski definition) is 4. The first-order valence-corrected chi connectivity index (χ1v) is 17.4. The summed E-state index contributed by atoms with van der Waals surface area (Å²) in [5, 5.41) is 31.0. The van der Waals surface area contributed by atoms with Crippen LogP contribution in [0, 0.1) is 11.3 Å². The van der Waals surface area contributed by atoms with Gasteiger partial charge in [0.2, 0.25) is 5.82 Å². The molecule has 0 radical (unpaired) electrons. The smallest absolute Gasteiger partial charge is 0.407 e. The second-order valence-corrected chi connectivity index (χ2v) is 14.0. The molecule has 1 aromatic carbocycles. The Bertz CT molecular complexity index is 1620. The number of carbonyl (C=O) groups excluding carboxylic acids is 3. The van der Waals surface area contributed by atoms with E-state index in [-0.39, 0.29) is 32.0 Å². The summed E-state index contributed by atoms with van der Waals surface area (Å²) in [5.41, 5.74) is 4.36. The van der Waals surface area contributed by atoms with Crippen LogP contribution >= 0.6 is 0 Å². The number of aliphatic hydroxyl groups excluding tert-OH is 1. The molecule has 1 aromatic heterocycles. The van der Waals surface area contributed by atoms with Crippen LogP contribution in [-0.2, 0) is 42.1 Å². The molecule has 4 N–H and O–H groups in total. The number of hydrazine groups is 1. The summed E-state index contributed by atoms with van der Waals surface area (Å²) >= 11 is 0. The largest absolute Gasteiger partial charge is 0.501 e. The number of rotatable bonds is 16. The maximum absolute atomic E-state index is 13.8. The number of fused-ring (bicyclic) bond motifs is 1. The van der Waals surface area contributed by atoms with Crippen LogP contribution in [0.4, 0.5) is 9.59 Å². The van der Waals surface area contributed by atoms with E-state index in [1.54, 1.807) is 60.1 Å². The number of nitrogens with zero attached hydrogens (tertiary/aromatic N) is 5. The van der Waals surface area contributed by atoms with Gasteiger partial charge in [-0.25, -0.2) is 14.6 Å². The van der Waals surface area contributed by atoms with Crippen LogP contribution in [0.25, 0.3) is 11.4 Å². The van der Waals surface area contributed by atoms with Crippen molar-refractivity contribution in [2.24, 2.45) is 18.4 Å². The minimum Gasteiger partial charge on any atom is -0.501 e. The number of amides is 3. The summed E-state index contributed by atoms with van der Waals surface area (Å²) in [6.07, 6.45) is 2.33. The molecule has 3 heterocycles. The molecule has 0 aliphatic carbocycles. The first-order chi connectivity index (χ1) is 25.2. The van der Waals surface area contributed by atoms with Crippen molar-refractivity contribution in [2.45, 2.75) is 77.7 Å². The van der Waals surface area contributed by atoms with E-state index in [0.717, 1.165) is 11.1 Å². The van der Waals surface area contributed by atoms with Crippen molar-refractivity contribution in [3.63, 3.8) is 0 Å². The minimum atomic E-state index is -1.26. The van der Waals surface area contributed by atoms with Gasteiger partial charge < -0.3 is 39.4 Å². The van der Waals surface area contributed by atoms with Gasteiger partial charge in [0, 0.05) is 18.7 Å². The highest BCUT2D eigenvalue weighted by atomic mass is 16.7. The molecule has 2 aliphatic heterocycles. The second kappa shape index (κ2) is 18.8. The summed E-state index contributed by atoms with van der Waals surface area (Å²) < 4.78 is 27.0. The summed E-state index contributed by atoms with van der Waals surface area (Å²) in [4.78, 5) is 40.8. The maximum Gasteiger partial charge on any atom is 0.407 e. The predicted molar refractivity (Wildman–Crippen MR) is 192 cm³/mol. The summed E-state index contributed by atoms with van der Waals surface area (Å²) in [5.74, 6) is 0.475. The van der Waals surface area contributed by atoms with E-state index < -0.39 is 54.1 Å². The van der Waals surface area contributed by atoms with Gasteiger partial charge in [-0.05, 0) is 47.6 Å². The average Bonchev–Trinajstić information content (AvgIpc) is 3.87. The van der Waals surface area contributed by atoms with E-state index in [0.29, 0.717) is 30.2 Å². The Morgan fingerprint density at radius 2 is 1.85 bits per heavy atom. The Labute approximate surface area is 309 Å². The number of aromatic nitrogens is 4. The predicted octanol–water partition coefficient (Wildman–Crippen LogP) is 2.75. The van der Waals surface area contributed by atoms with Crippen molar-refractivity contribution in [1.29, 1.82) is 0 Å². The Hall–Kier alpha value is -4.84. The third-order valence-electron chi connectivity index (χ3n) is 8.93. The number of nitrogens with one attached hydrogen (secondary N) is 3. The van der Waals surface area contributed by atoms with Crippen LogP contribution in [-0.4, -0.2) is 113 Å². The van der Waals surface area contributed by atoms with Gasteiger partial charge in [0.1, 0.15) is 12.1 Å². The van der Waals surface area contributed by atoms with E-state index in [1.807, 2.05) is 24.3 Å². The molecule has 53 heavy (non-hydrogen) atoms. The number of aryl methyl sites for hydroxylation is 1. The molecule has 290 valence electrons. The highest BCUT2D eigenvalue weighted by Crippen LogP contribution is 2.33. The molecule has 2 aromatic rings. The fraction of sp³-hybridized carbons (Fsp3) is 0.556. The normalized spacial score (nSPS) is 20.6. The van der Waals surface area contributed by atoms with Crippen molar-refractivity contribution < 1.29 is 43.2 Å². The molecule has 2 fully saturated rings. The topological polar surface area (TPSA) is 201 Å². The summed E-state index contributed by atoms with van der Waals surface area (Å²) in [7, 11) is 4.44. The fourth-order valence-corrected chi connectivity index (χ4v) is 5.87. The monoisotopic (exact) mass is 740 g/mol. The zero-order chi connectivity index (χ0) is 38.7. The van der Waals surface area contributed by atoms with Crippen molar-refractivity contribution in [3.05, 3.63) is 66.0 Å². The van der Waals surface area contributed by atoms with Crippen molar-refractivity contribution in [3.8, 4) is 11.4 Å². The van der Waals surface area contributed by atoms with Gasteiger partial charge in [-0.3, -0.25) is 10.2 Å². The number of aliphatic hydroxyl groups is 1. The molecule has 17 heteroatoms. The molecular weight excluding hydrogens is 688 g/mol. The fourth-order valence-electron chi connectivity index (χ4n) is 5.87. The highest BCUT2D eigenvalue weighted by molar-refractivity contribution is 5.86. The lowest BCUT2D eigenvalue weighted by Gasteiger charge is -2.34. The van der Waals surface area contributed by atoms with Crippen LogP contribution in [0.2, 0.25) is 0 Å². The third kappa shape index (κ3) is 11.8. The number of methoxy groups -OCH3 is 2. The van der Waals surface area contributed by atoms with E-state index in [9.17, 15) is 19.5 Å². The molecule has 0 spiro atoms. The highest BCUT2D eigenvalue weighted by Gasteiger charge is 2.44. The Morgan fingerprint density at radius 1 is 1.11 bits per heavy atom.